The van der Waals surface area contributed by atoms with Crippen LogP contribution in [0.5, 0.6) is 11.5 Å². The molecule has 0 unspecified atom stereocenters. The van der Waals surface area contributed by atoms with Crippen molar-refractivity contribution in [2.75, 3.05) is 20.8 Å². The molecule has 3 aromatic rings. The number of nitrogens with zero attached hydrogens (tertiary/aromatic N) is 2. The lowest BCUT2D eigenvalue weighted by molar-refractivity contribution is -0.121. The number of amides is 1. The van der Waals surface area contributed by atoms with Gasteiger partial charge in [0.25, 0.3) is 5.56 Å². The molecule has 0 radical (unpaired) electrons. The molecule has 0 atom stereocenters. The van der Waals surface area contributed by atoms with E-state index in [0.717, 1.165) is 21.6 Å². The van der Waals surface area contributed by atoms with Crippen LogP contribution in [-0.4, -0.2) is 36.5 Å². The van der Waals surface area contributed by atoms with Gasteiger partial charge >= 0.3 is 0 Å². The highest BCUT2D eigenvalue weighted by Crippen LogP contribution is 2.21. The monoisotopic (exact) mass is 393 g/mol. The van der Waals surface area contributed by atoms with Gasteiger partial charge in [0.1, 0.15) is 18.0 Å². The third-order valence-corrected chi connectivity index (χ3v) is 4.40. The average molecular weight is 393 g/mol. The van der Waals surface area contributed by atoms with E-state index in [2.05, 4.69) is 10.4 Å². The van der Waals surface area contributed by atoms with E-state index in [1.54, 1.807) is 20.3 Å². The van der Waals surface area contributed by atoms with Crippen LogP contribution in [0.25, 0.3) is 11.3 Å². The predicted octanol–water partition coefficient (Wildman–Crippen LogP) is 2.29. The maximum Gasteiger partial charge on any atom is 0.267 e. The minimum Gasteiger partial charge on any atom is -0.497 e. The SMILES string of the molecule is COc1cccc(CCNC(=O)Cn2nc(-c3cccc(OC)c3)ccc2=O)c1. The Kier molecular flexibility index (Phi) is 6.63. The van der Waals surface area contributed by atoms with Gasteiger partial charge in [0.05, 0.1) is 19.9 Å². The molecule has 3 rings (SSSR count). The molecule has 0 saturated heterocycles. The van der Waals surface area contributed by atoms with Crippen LogP contribution in [0.3, 0.4) is 0 Å². The number of carbonyl (C=O) groups is 1. The Hall–Kier alpha value is -3.61. The van der Waals surface area contributed by atoms with Crippen LogP contribution in [-0.2, 0) is 17.8 Å². The summed E-state index contributed by atoms with van der Waals surface area (Å²) >= 11 is 0. The topological polar surface area (TPSA) is 82.4 Å². The number of hydrogen-bond acceptors (Lipinski definition) is 5. The summed E-state index contributed by atoms with van der Waals surface area (Å²) in [7, 11) is 3.20. The lowest BCUT2D eigenvalue weighted by Crippen LogP contribution is -2.34. The zero-order valence-corrected chi connectivity index (χ0v) is 16.4. The average Bonchev–Trinajstić information content (AvgIpc) is 2.75. The quantitative estimate of drug-likeness (QED) is 0.635. The van der Waals surface area contributed by atoms with Crippen LogP contribution in [0.1, 0.15) is 5.56 Å². The molecule has 0 bridgehead atoms. The van der Waals surface area contributed by atoms with Gasteiger partial charge < -0.3 is 14.8 Å². The summed E-state index contributed by atoms with van der Waals surface area (Å²) in [4.78, 5) is 24.4. The van der Waals surface area contributed by atoms with Gasteiger partial charge in [0, 0.05) is 18.2 Å². The molecule has 0 aliphatic rings. The van der Waals surface area contributed by atoms with Crippen molar-refractivity contribution in [1.29, 1.82) is 0 Å². The molecular weight excluding hydrogens is 370 g/mol. The number of carbonyl (C=O) groups excluding carboxylic acids is 1. The first-order valence-corrected chi connectivity index (χ1v) is 9.21. The molecule has 7 nitrogen and oxygen atoms in total. The fourth-order valence-corrected chi connectivity index (χ4v) is 2.86. The molecule has 1 heterocycles. The number of hydrogen-bond donors (Lipinski definition) is 1. The van der Waals surface area contributed by atoms with Gasteiger partial charge in [-0.2, -0.15) is 5.10 Å². The minimum atomic E-state index is -0.334. The van der Waals surface area contributed by atoms with E-state index < -0.39 is 0 Å². The Morgan fingerprint density at radius 3 is 2.48 bits per heavy atom. The fourth-order valence-electron chi connectivity index (χ4n) is 2.86. The van der Waals surface area contributed by atoms with Crippen molar-refractivity contribution >= 4 is 5.91 Å². The molecular formula is C22H23N3O4. The number of aromatic nitrogens is 2. The van der Waals surface area contributed by atoms with E-state index in [1.165, 1.54) is 6.07 Å². The number of methoxy groups -OCH3 is 2. The predicted molar refractivity (Wildman–Crippen MR) is 110 cm³/mol. The van der Waals surface area contributed by atoms with Crippen molar-refractivity contribution < 1.29 is 14.3 Å². The van der Waals surface area contributed by atoms with Crippen LogP contribution in [0.4, 0.5) is 0 Å². The van der Waals surface area contributed by atoms with Crippen LogP contribution in [0.15, 0.2) is 65.5 Å². The molecule has 29 heavy (non-hydrogen) atoms. The van der Waals surface area contributed by atoms with E-state index >= 15 is 0 Å². The highest BCUT2D eigenvalue weighted by Gasteiger charge is 2.09. The lowest BCUT2D eigenvalue weighted by atomic mass is 10.1. The molecule has 7 heteroatoms. The third kappa shape index (κ3) is 5.44. The van der Waals surface area contributed by atoms with E-state index in [-0.39, 0.29) is 18.0 Å². The van der Waals surface area contributed by atoms with Gasteiger partial charge in [-0.05, 0) is 42.3 Å². The highest BCUT2D eigenvalue weighted by atomic mass is 16.5. The van der Waals surface area contributed by atoms with Crippen molar-refractivity contribution in [3.8, 4) is 22.8 Å². The van der Waals surface area contributed by atoms with Gasteiger partial charge in [-0.3, -0.25) is 9.59 Å². The maximum absolute atomic E-state index is 12.3. The van der Waals surface area contributed by atoms with E-state index in [4.69, 9.17) is 9.47 Å². The third-order valence-electron chi connectivity index (χ3n) is 4.40. The smallest absolute Gasteiger partial charge is 0.267 e. The summed E-state index contributed by atoms with van der Waals surface area (Å²) in [6.45, 7) is 0.311. The van der Waals surface area contributed by atoms with Crippen molar-refractivity contribution in [1.82, 2.24) is 15.1 Å². The van der Waals surface area contributed by atoms with Crippen molar-refractivity contribution in [2.24, 2.45) is 0 Å². The van der Waals surface area contributed by atoms with E-state index in [1.807, 2.05) is 48.5 Å². The zero-order chi connectivity index (χ0) is 20.6. The first-order chi connectivity index (χ1) is 14.1. The van der Waals surface area contributed by atoms with E-state index in [0.29, 0.717) is 24.4 Å². The second kappa shape index (κ2) is 9.54. The molecule has 1 amide bonds. The lowest BCUT2D eigenvalue weighted by Gasteiger charge is -2.09. The Labute approximate surface area is 168 Å². The normalized spacial score (nSPS) is 10.4. The minimum absolute atomic E-state index is 0.144. The summed E-state index contributed by atoms with van der Waals surface area (Å²) < 4.78 is 11.6. The first-order valence-electron chi connectivity index (χ1n) is 9.21. The van der Waals surface area contributed by atoms with Gasteiger partial charge in [-0.1, -0.05) is 24.3 Å². The second-order valence-corrected chi connectivity index (χ2v) is 6.40. The number of rotatable bonds is 8. The number of ether oxygens (including phenoxy) is 2. The van der Waals surface area contributed by atoms with Gasteiger partial charge in [0.15, 0.2) is 0 Å². The number of benzene rings is 2. The molecule has 1 N–H and O–H groups in total. The summed E-state index contributed by atoms with van der Waals surface area (Å²) in [6, 6.07) is 18.1. The van der Waals surface area contributed by atoms with Gasteiger partial charge in [0.2, 0.25) is 5.91 Å². The fraction of sp³-hybridized carbons (Fsp3) is 0.227. The van der Waals surface area contributed by atoms with Crippen LogP contribution < -0.4 is 20.3 Å². The van der Waals surface area contributed by atoms with Crippen molar-refractivity contribution in [2.45, 2.75) is 13.0 Å². The Morgan fingerprint density at radius 1 is 1.00 bits per heavy atom. The Balaban J connectivity index is 1.63. The summed E-state index contributed by atoms with van der Waals surface area (Å²) in [5.41, 5.74) is 2.11. The molecule has 1 aromatic heterocycles. The first kappa shape index (κ1) is 20.1. The van der Waals surface area contributed by atoms with Gasteiger partial charge in [-0.25, -0.2) is 4.68 Å². The maximum atomic E-state index is 12.3. The summed E-state index contributed by atoms with van der Waals surface area (Å²) in [5, 5.41) is 7.14. The molecule has 0 saturated carbocycles. The van der Waals surface area contributed by atoms with Crippen molar-refractivity contribution in [3.63, 3.8) is 0 Å². The highest BCUT2D eigenvalue weighted by molar-refractivity contribution is 5.75. The molecule has 150 valence electrons. The molecule has 0 spiro atoms. The van der Waals surface area contributed by atoms with Gasteiger partial charge in [-0.15, -0.1) is 0 Å². The van der Waals surface area contributed by atoms with Crippen molar-refractivity contribution in [3.05, 3.63) is 76.6 Å². The Morgan fingerprint density at radius 2 is 1.72 bits per heavy atom. The second-order valence-electron chi connectivity index (χ2n) is 6.40. The molecule has 0 aliphatic heterocycles. The Bertz CT molecular complexity index is 1050. The van der Waals surface area contributed by atoms with Crippen LogP contribution >= 0.6 is 0 Å². The standard InChI is InChI=1S/C22H23N3O4/c1-28-18-7-3-5-16(13-18)11-12-23-21(26)15-25-22(27)10-9-20(24-25)17-6-4-8-19(14-17)29-2/h3-10,13-14H,11-12,15H2,1-2H3,(H,23,26). The molecule has 0 fully saturated rings. The zero-order valence-electron chi connectivity index (χ0n) is 16.4. The van der Waals surface area contributed by atoms with E-state index in [9.17, 15) is 9.59 Å². The molecule has 2 aromatic carbocycles. The number of nitrogens with one attached hydrogen (secondary N) is 1. The summed E-state index contributed by atoms with van der Waals surface area (Å²) in [5.74, 6) is 1.20. The largest absolute Gasteiger partial charge is 0.497 e. The van der Waals surface area contributed by atoms with Crippen LogP contribution in [0.2, 0.25) is 0 Å². The van der Waals surface area contributed by atoms with Crippen LogP contribution in [0, 0.1) is 0 Å². The summed E-state index contributed by atoms with van der Waals surface area (Å²) in [6.07, 6.45) is 0.662. The molecule has 0 aliphatic carbocycles.